The lowest BCUT2D eigenvalue weighted by molar-refractivity contribution is 0.0790. The van der Waals surface area contributed by atoms with E-state index in [0.29, 0.717) is 11.1 Å². The van der Waals surface area contributed by atoms with Crippen LogP contribution in [0.2, 0.25) is 4.34 Å². The third-order valence-electron chi connectivity index (χ3n) is 4.48. The minimum Gasteiger partial charge on any atom is -0.386 e. The van der Waals surface area contributed by atoms with Gasteiger partial charge in [0.25, 0.3) is 10.0 Å². The van der Waals surface area contributed by atoms with Crippen LogP contribution in [0.25, 0.3) is 0 Å². The molecule has 3 N–H and O–H groups in total. The molecule has 166 valence electrons. The number of hydrogen-bond acceptors (Lipinski definition) is 5. The molecule has 1 aromatic carbocycles. The van der Waals surface area contributed by atoms with Gasteiger partial charge in [0, 0.05) is 11.1 Å². The quantitative estimate of drug-likeness (QED) is 0.511. The Kier molecular flexibility index (Phi) is 7.23. The zero-order chi connectivity index (χ0) is 23.0. The van der Waals surface area contributed by atoms with Crippen molar-refractivity contribution in [3.05, 3.63) is 45.0 Å². The molecule has 0 unspecified atom stereocenters. The van der Waals surface area contributed by atoms with Crippen molar-refractivity contribution < 1.29 is 22.7 Å². The Bertz CT molecular complexity index is 1060. The predicted molar refractivity (Wildman–Crippen MR) is 118 cm³/mol. The third-order valence-corrected chi connectivity index (χ3v) is 7.64. The van der Waals surface area contributed by atoms with E-state index in [4.69, 9.17) is 11.6 Å². The lowest BCUT2D eigenvalue weighted by Gasteiger charge is -2.21. The van der Waals surface area contributed by atoms with E-state index in [9.17, 15) is 22.7 Å². The van der Waals surface area contributed by atoms with Gasteiger partial charge in [-0.25, -0.2) is 22.3 Å². The van der Waals surface area contributed by atoms with Crippen molar-refractivity contribution in [3.63, 3.8) is 0 Å². The van der Waals surface area contributed by atoms with Crippen LogP contribution in [0.5, 0.6) is 0 Å². The number of thiophene rings is 1. The number of sulfonamides is 1. The molecule has 10 heteroatoms. The molecule has 2 aromatic rings. The second-order valence-corrected chi connectivity index (χ2v) is 11.7. The number of amides is 2. The number of aliphatic hydroxyl groups is 1. The number of anilines is 1. The highest BCUT2D eigenvalue weighted by atomic mass is 35.5. The van der Waals surface area contributed by atoms with E-state index in [0.717, 1.165) is 11.3 Å². The molecule has 1 aromatic heterocycles. The molecule has 0 bridgehead atoms. The van der Waals surface area contributed by atoms with Crippen molar-refractivity contribution in [2.24, 2.45) is 0 Å². The highest BCUT2D eigenvalue weighted by molar-refractivity contribution is 7.92. The fourth-order valence-electron chi connectivity index (χ4n) is 3.00. The molecule has 0 spiro atoms. The Morgan fingerprint density at radius 1 is 1.20 bits per heavy atom. The van der Waals surface area contributed by atoms with Crippen LogP contribution >= 0.6 is 22.9 Å². The van der Waals surface area contributed by atoms with Crippen LogP contribution in [0, 0.1) is 5.82 Å². The highest BCUT2D eigenvalue weighted by Crippen LogP contribution is 2.37. The SMILES string of the molecule is CC(C)c1ccc(F)c(C(C)C)c1NC(=O)NS(=O)(=O)c1cc(C(C)(C)O)c(Cl)s1. The van der Waals surface area contributed by atoms with Gasteiger partial charge in [-0.3, -0.25) is 0 Å². The number of hydrogen-bond donors (Lipinski definition) is 3. The predicted octanol–water partition coefficient (Wildman–Crippen LogP) is 5.53. The lowest BCUT2D eigenvalue weighted by atomic mass is 9.92. The Labute approximate surface area is 185 Å². The third kappa shape index (κ3) is 5.32. The van der Waals surface area contributed by atoms with Crippen LogP contribution in [0.4, 0.5) is 14.9 Å². The maximum absolute atomic E-state index is 14.4. The second kappa shape index (κ2) is 8.82. The Hall–Kier alpha value is -1.68. The minimum absolute atomic E-state index is 0.0274. The average molecular weight is 477 g/mol. The number of urea groups is 1. The smallest absolute Gasteiger partial charge is 0.333 e. The normalized spacial score (nSPS) is 12.5. The summed E-state index contributed by atoms with van der Waals surface area (Å²) in [6.07, 6.45) is 0. The van der Waals surface area contributed by atoms with Crippen molar-refractivity contribution in [1.82, 2.24) is 4.72 Å². The molecule has 0 radical (unpaired) electrons. The summed E-state index contributed by atoms with van der Waals surface area (Å²) in [5, 5.41) is 12.6. The van der Waals surface area contributed by atoms with Gasteiger partial charge < -0.3 is 10.4 Å². The average Bonchev–Trinajstić information content (AvgIpc) is 2.96. The molecule has 0 aliphatic carbocycles. The number of benzene rings is 1. The molecular formula is C20H26ClFN2O4S2. The first-order valence-corrected chi connectivity index (χ1v) is 12.0. The first-order chi connectivity index (χ1) is 13.6. The van der Waals surface area contributed by atoms with Crippen LogP contribution in [0.3, 0.4) is 0 Å². The molecule has 0 aliphatic heterocycles. The van der Waals surface area contributed by atoms with Crippen molar-refractivity contribution in [2.45, 2.75) is 63.2 Å². The van der Waals surface area contributed by atoms with Gasteiger partial charge in [0.05, 0.1) is 11.3 Å². The fraction of sp³-hybridized carbons (Fsp3) is 0.450. The number of carbonyl (C=O) groups excluding carboxylic acids is 1. The maximum atomic E-state index is 14.4. The molecule has 1 heterocycles. The summed E-state index contributed by atoms with van der Waals surface area (Å²) >= 11 is 6.78. The van der Waals surface area contributed by atoms with Gasteiger partial charge in [-0.2, -0.15) is 0 Å². The number of carbonyl (C=O) groups is 1. The molecule has 0 saturated heterocycles. The zero-order valence-corrected chi connectivity index (χ0v) is 20.0. The molecule has 2 amide bonds. The van der Waals surface area contributed by atoms with Gasteiger partial charge in [-0.1, -0.05) is 45.4 Å². The standard InChI is InChI=1S/C20H26ClFN2O4S2/c1-10(2)12-7-8-14(22)16(11(3)4)17(12)23-19(25)24-30(27,28)15-9-13(18(21)29-15)20(5,6)26/h7-11,26H,1-6H3,(H2,23,24,25). The van der Waals surface area contributed by atoms with Gasteiger partial charge in [0.1, 0.15) is 14.4 Å². The Balaban J connectivity index is 2.37. The van der Waals surface area contributed by atoms with Gasteiger partial charge >= 0.3 is 6.03 Å². The van der Waals surface area contributed by atoms with Crippen molar-refractivity contribution in [1.29, 1.82) is 0 Å². The highest BCUT2D eigenvalue weighted by Gasteiger charge is 2.29. The zero-order valence-electron chi connectivity index (χ0n) is 17.6. The molecule has 0 aliphatic rings. The first-order valence-electron chi connectivity index (χ1n) is 9.33. The Morgan fingerprint density at radius 3 is 2.27 bits per heavy atom. The monoisotopic (exact) mass is 476 g/mol. The van der Waals surface area contributed by atoms with E-state index in [-0.39, 0.29) is 31.6 Å². The Morgan fingerprint density at radius 2 is 1.80 bits per heavy atom. The van der Waals surface area contributed by atoms with Gasteiger partial charge in [0.2, 0.25) is 0 Å². The van der Waals surface area contributed by atoms with E-state index in [1.54, 1.807) is 19.9 Å². The van der Waals surface area contributed by atoms with E-state index in [2.05, 4.69) is 5.32 Å². The molecule has 2 rings (SSSR count). The summed E-state index contributed by atoms with van der Waals surface area (Å²) in [7, 11) is -4.25. The molecule has 0 atom stereocenters. The number of nitrogens with one attached hydrogen (secondary N) is 2. The number of halogens is 2. The van der Waals surface area contributed by atoms with E-state index >= 15 is 0 Å². The van der Waals surface area contributed by atoms with Gasteiger partial charge in [-0.15, -0.1) is 11.3 Å². The minimum atomic E-state index is -4.25. The van der Waals surface area contributed by atoms with Crippen LogP contribution < -0.4 is 10.0 Å². The number of rotatable bonds is 6. The molecule has 6 nitrogen and oxygen atoms in total. The van der Waals surface area contributed by atoms with Crippen LogP contribution in [-0.2, 0) is 15.6 Å². The van der Waals surface area contributed by atoms with Gasteiger partial charge in [0.15, 0.2) is 0 Å². The summed E-state index contributed by atoms with van der Waals surface area (Å²) in [6, 6.07) is 3.13. The van der Waals surface area contributed by atoms with Crippen molar-refractivity contribution in [2.75, 3.05) is 5.32 Å². The van der Waals surface area contributed by atoms with Gasteiger partial charge in [-0.05, 0) is 43.4 Å². The molecule has 0 saturated carbocycles. The summed E-state index contributed by atoms with van der Waals surface area (Å²) in [5.41, 5.74) is 0.149. The van der Waals surface area contributed by atoms with E-state index in [1.807, 2.05) is 18.6 Å². The topological polar surface area (TPSA) is 95.5 Å². The molecule has 30 heavy (non-hydrogen) atoms. The van der Waals surface area contributed by atoms with Crippen LogP contribution in [0.15, 0.2) is 22.4 Å². The van der Waals surface area contributed by atoms with Crippen molar-refractivity contribution >= 4 is 44.7 Å². The molecular weight excluding hydrogens is 451 g/mol. The van der Waals surface area contributed by atoms with Crippen LogP contribution in [0.1, 0.15) is 70.1 Å². The van der Waals surface area contributed by atoms with Crippen LogP contribution in [-0.4, -0.2) is 19.6 Å². The molecule has 0 fully saturated rings. The summed E-state index contributed by atoms with van der Waals surface area (Å²) in [5.74, 6) is -0.742. The van der Waals surface area contributed by atoms with Crippen molar-refractivity contribution in [3.8, 4) is 0 Å². The van der Waals surface area contributed by atoms with E-state index in [1.165, 1.54) is 26.0 Å². The summed E-state index contributed by atoms with van der Waals surface area (Å²) < 4.78 is 41.6. The second-order valence-electron chi connectivity index (χ2n) is 8.11. The summed E-state index contributed by atoms with van der Waals surface area (Å²) in [4.78, 5) is 12.5. The first kappa shape index (κ1) is 24.6. The fourth-order valence-corrected chi connectivity index (χ4v) is 5.93. The largest absolute Gasteiger partial charge is 0.386 e. The van der Waals surface area contributed by atoms with E-state index < -0.39 is 27.5 Å². The summed E-state index contributed by atoms with van der Waals surface area (Å²) in [6.45, 7) is 10.3. The lowest BCUT2D eigenvalue weighted by Crippen LogP contribution is -2.34. The maximum Gasteiger partial charge on any atom is 0.333 e.